The molecule has 4 rings (SSSR count). The number of piperazine rings is 1. The Kier molecular flexibility index (Phi) is 5.07. The number of para-hydroxylation sites is 1. The van der Waals surface area contributed by atoms with Crippen LogP contribution in [0.25, 0.3) is 0 Å². The molecule has 1 amide bonds. The maximum atomic E-state index is 12.9. The molecule has 1 aromatic heterocycles. The molecule has 0 N–H and O–H groups in total. The fourth-order valence-electron chi connectivity index (χ4n) is 3.88. The van der Waals surface area contributed by atoms with E-state index in [0.29, 0.717) is 36.9 Å². The number of amides is 1. The summed E-state index contributed by atoms with van der Waals surface area (Å²) in [6.07, 6.45) is 0.884. The average Bonchev–Trinajstić information content (AvgIpc) is 3.29. The third-order valence-electron chi connectivity index (χ3n) is 5.26. The van der Waals surface area contributed by atoms with E-state index in [2.05, 4.69) is 17.9 Å². The molecule has 3 heterocycles. The van der Waals surface area contributed by atoms with Gasteiger partial charge >= 0.3 is 0 Å². The van der Waals surface area contributed by atoms with Crippen LogP contribution in [0.3, 0.4) is 0 Å². The molecule has 1 fully saturated rings. The van der Waals surface area contributed by atoms with Crippen molar-refractivity contribution >= 4 is 33.0 Å². The van der Waals surface area contributed by atoms with Crippen LogP contribution in [0.5, 0.6) is 0 Å². The number of hydrogen-bond acceptors (Lipinski definition) is 5. The third kappa shape index (κ3) is 3.54. The van der Waals surface area contributed by atoms with E-state index in [9.17, 15) is 13.2 Å². The van der Waals surface area contributed by atoms with Gasteiger partial charge in [0.1, 0.15) is 4.21 Å². The Hall–Kier alpha value is -1.74. The normalized spacial score (nSPS) is 21.4. The Morgan fingerprint density at radius 2 is 1.85 bits per heavy atom. The maximum Gasteiger partial charge on any atom is 0.252 e. The highest BCUT2D eigenvalue weighted by Crippen LogP contribution is 2.32. The molecule has 0 aliphatic carbocycles. The molecule has 0 saturated carbocycles. The van der Waals surface area contributed by atoms with E-state index in [1.54, 1.807) is 17.5 Å². The van der Waals surface area contributed by atoms with Crippen LogP contribution in [0, 0.1) is 0 Å². The van der Waals surface area contributed by atoms with E-state index >= 15 is 0 Å². The zero-order valence-electron chi connectivity index (χ0n) is 15.2. The highest BCUT2D eigenvalue weighted by Gasteiger charge is 2.33. The highest BCUT2D eigenvalue weighted by atomic mass is 32.2. The van der Waals surface area contributed by atoms with Crippen molar-refractivity contribution in [3.8, 4) is 0 Å². The largest absolute Gasteiger partial charge is 0.308 e. The number of sulfonamides is 1. The second kappa shape index (κ2) is 7.35. The van der Waals surface area contributed by atoms with Gasteiger partial charge in [0.15, 0.2) is 0 Å². The van der Waals surface area contributed by atoms with Gasteiger partial charge < -0.3 is 4.90 Å². The van der Waals surface area contributed by atoms with Gasteiger partial charge in [-0.25, -0.2) is 8.42 Å². The van der Waals surface area contributed by atoms with Gasteiger partial charge in [0.25, 0.3) is 10.0 Å². The van der Waals surface area contributed by atoms with Gasteiger partial charge in [-0.15, -0.1) is 11.3 Å². The fourth-order valence-corrected chi connectivity index (χ4v) is 6.45. The second-order valence-electron chi connectivity index (χ2n) is 7.06. The minimum Gasteiger partial charge on any atom is -0.308 e. The predicted molar refractivity (Wildman–Crippen MR) is 107 cm³/mol. The van der Waals surface area contributed by atoms with E-state index < -0.39 is 10.0 Å². The van der Waals surface area contributed by atoms with Gasteiger partial charge in [-0.05, 0) is 36.4 Å². The molecule has 0 radical (unpaired) electrons. The number of nitrogens with zero attached hydrogens (tertiary/aromatic N) is 3. The summed E-state index contributed by atoms with van der Waals surface area (Å²) in [5.74, 6) is 0.0852. The first-order valence-corrected chi connectivity index (χ1v) is 11.4. The van der Waals surface area contributed by atoms with Crippen molar-refractivity contribution in [3.63, 3.8) is 0 Å². The zero-order valence-corrected chi connectivity index (χ0v) is 16.9. The number of benzene rings is 1. The monoisotopic (exact) mass is 405 g/mol. The lowest BCUT2D eigenvalue weighted by molar-refractivity contribution is -0.120. The van der Waals surface area contributed by atoms with E-state index in [1.807, 2.05) is 23.1 Å². The van der Waals surface area contributed by atoms with Crippen LogP contribution in [-0.2, 0) is 21.2 Å². The van der Waals surface area contributed by atoms with Crippen molar-refractivity contribution in [2.24, 2.45) is 0 Å². The third-order valence-corrected chi connectivity index (χ3v) is 8.53. The molecule has 6 nitrogen and oxygen atoms in total. The zero-order chi connectivity index (χ0) is 19.0. The lowest BCUT2D eigenvalue weighted by Crippen LogP contribution is -2.52. The molecule has 144 valence electrons. The topological polar surface area (TPSA) is 60.9 Å². The van der Waals surface area contributed by atoms with Crippen molar-refractivity contribution in [2.75, 3.05) is 37.6 Å². The van der Waals surface area contributed by atoms with Gasteiger partial charge in [-0.3, -0.25) is 9.69 Å². The summed E-state index contributed by atoms with van der Waals surface area (Å²) in [4.78, 5) is 16.9. The quantitative estimate of drug-likeness (QED) is 0.781. The van der Waals surface area contributed by atoms with Crippen LogP contribution in [0.15, 0.2) is 46.0 Å². The second-order valence-corrected chi connectivity index (χ2v) is 10.2. The Labute approximate surface area is 164 Å². The van der Waals surface area contributed by atoms with E-state index in [-0.39, 0.29) is 11.9 Å². The molecular formula is C19H23N3O3S2. The Morgan fingerprint density at radius 3 is 2.56 bits per heavy atom. The lowest BCUT2D eigenvalue weighted by atomic mass is 10.1. The van der Waals surface area contributed by atoms with Gasteiger partial charge in [0.2, 0.25) is 5.91 Å². The molecule has 1 aromatic carbocycles. The summed E-state index contributed by atoms with van der Waals surface area (Å²) in [6.45, 7) is 4.37. The SMILES string of the molecule is C[C@@H]1Cc2ccccc2N1C(=O)CN1CCN(S(=O)(=O)c2cccs2)CC1. The Morgan fingerprint density at radius 1 is 1.11 bits per heavy atom. The number of anilines is 1. The van der Waals surface area contributed by atoms with Gasteiger partial charge in [0.05, 0.1) is 6.54 Å². The first kappa shape index (κ1) is 18.6. The van der Waals surface area contributed by atoms with E-state index in [4.69, 9.17) is 0 Å². The predicted octanol–water partition coefficient (Wildman–Crippen LogP) is 2.03. The smallest absolute Gasteiger partial charge is 0.252 e. The van der Waals surface area contributed by atoms with Crippen molar-refractivity contribution < 1.29 is 13.2 Å². The molecule has 0 unspecified atom stereocenters. The molecule has 1 saturated heterocycles. The molecule has 2 aromatic rings. The first-order chi connectivity index (χ1) is 13.0. The number of hydrogen-bond donors (Lipinski definition) is 0. The molecular weight excluding hydrogens is 382 g/mol. The summed E-state index contributed by atoms with van der Waals surface area (Å²) in [5, 5.41) is 1.77. The summed E-state index contributed by atoms with van der Waals surface area (Å²) in [7, 11) is -3.41. The average molecular weight is 406 g/mol. The Balaban J connectivity index is 1.38. The van der Waals surface area contributed by atoms with E-state index in [1.165, 1.54) is 21.2 Å². The molecule has 0 spiro atoms. The van der Waals surface area contributed by atoms with Crippen LogP contribution >= 0.6 is 11.3 Å². The van der Waals surface area contributed by atoms with Gasteiger partial charge in [-0.2, -0.15) is 4.31 Å². The molecule has 1 atom stereocenters. The van der Waals surface area contributed by atoms with Gasteiger partial charge in [0, 0.05) is 37.9 Å². The number of carbonyl (C=O) groups excluding carboxylic acids is 1. The van der Waals surface area contributed by atoms with Crippen molar-refractivity contribution in [1.29, 1.82) is 0 Å². The summed E-state index contributed by atoms with van der Waals surface area (Å²) >= 11 is 1.24. The number of carbonyl (C=O) groups is 1. The van der Waals surface area contributed by atoms with Crippen LogP contribution in [0.4, 0.5) is 5.69 Å². The van der Waals surface area contributed by atoms with Crippen LogP contribution in [0.1, 0.15) is 12.5 Å². The minimum absolute atomic E-state index is 0.0852. The molecule has 27 heavy (non-hydrogen) atoms. The standard InChI is InChI=1S/C19H23N3O3S2/c1-15-13-16-5-2-3-6-17(16)22(15)18(23)14-20-8-10-21(11-9-20)27(24,25)19-7-4-12-26-19/h2-7,12,15H,8-11,13-14H2,1H3/t15-/m1/s1. The first-order valence-electron chi connectivity index (χ1n) is 9.13. The molecule has 2 aliphatic heterocycles. The summed E-state index contributed by atoms with van der Waals surface area (Å²) in [5.41, 5.74) is 2.22. The minimum atomic E-state index is -3.41. The fraction of sp³-hybridized carbons (Fsp3) is 0.421. The number of rotatable bonds is 4. The van der Waals surface area contributed by atoms with Crippen LogP contribution in [-0.4, -0.2) is 62.3 Å². The van der Waals surface area contributed by atoms with Crippen molar-refractivity contribution in [3.05, 3.63) is 47.3 Å². The Bertz CT molecular complexity index is 919. The van der Waals surface area contributed by atoms with Crippen molar-refractivity contribution in [1.82, 2.24) is 9.21 Å². The van der Waals surface area contributed by atoms with Crippen LogP contribution < -0.4 is 4.90 Å². The lowest BCUT2D eigenvalue weighted by Gasteiger charge is -2.34. The summed E-state index contributed by atoms with van der Waals surface area (Å²) < 4.78 is 27.1. The van der Waals surface area contributed by atoms with Crippen molar-refractivity contribution in [2.45, 2.75) is 23.6 Å². The molecule has 0 bridgehead atoms. The van der Waals surface area contributed by atoms with E-state index in [0.717, 1.165) is 12.1 Å². The van der Waals surface area contributed by atoms with Crippen LogP contribution in [0.2, 0.25) is 0 Å². The number of thiophene rings is 1. The molecule has 8 heteroatoms. The summed E-state index contributed by atoms with van der Waals surface area (Å²) in [6, 6.07) is 11.6. The maximum absolute atomic E-state index is 12.9. The number of fused-ring (bicyclic) bond motifs is 1. The molecule has 2 aliphatic rings. The highest BCUT2D eigenvalue weighted by molar-refractivity contribution is 7.91. The van der Waals surface area contributed by atoms with Gasteiger partial charge in [-0.1, -0.05) is 24.3 Å².